The molecule has 0 rings (SSSR count). The van der Waals surface area contributed by atoms with Gasteiger partial charge in [0.1, 0.15) is 6.29 Å². The molecule has 3 nitrogen and oxygen atoms in total. The summed E-state index contributed by atoms with van der Waals surface area (Å²) < 4.78 is 113. The van der Waals surface area contributed by atoms with E-state index in [2.05, 4.69) is 5.32 Å². The number of rotatable bonds is 11. The number of alkyl halides is 9. The number of hydrogen-bond donors (Lipinski definition) is 1. The first-order chi connectivity index (χ1) is 11.7. The van der Waals surface area contributed by atoms with E-state index in [1.54, 1.807) is 0 Å². The summed E-state index contributed by atoms with van der Waals surface area (Å²) in [5.74, 6) is -20.3. The van der Waals surface area contributed by atoms with Crippen molar-refractivity contribution < 1.29 is 49.1 Å². The zero-order valence-electron chi connectivity index (χ0n) is 13.2. The lowest BCUT2D eigenvalue weighted by molar-refractivity contribution is -0.396. The number of halogens is 9. The van der Waals surface area contributed by atoms with Gasteiger partial charge in [0.15, 0.2) is 0 Å². The summed E-state index contributed by atoms with van der Waals surface area (Å²) in [6.07, 6.45) is -6.27. The lowest BCUT2D eigenvalue weighted by atomic mass is 10.0. The molecular formula is C13H16F9NO2S. The van der Waals surface area contributed by atoms with Crippen molar-refractivity contribution in [3.05, 3.63) is 0 Å². The van der Waals surface area contributed by atoms with Gasteiger partial charge in [0.05, 0.1) is 0 Å². The van der Waals surface area contributed by atoms with Crippen LogP contribution in [0.15, 0.2) is 0 Å². The summed E-state index contributed by atoms with van der Waals surface area (Å²) >= 11 is 0.0601. The van der Waals surface area contributed by atoms with Gasteiger partial charge in [0.2, 0.25) is 0 Å². The first-order valence-electron chi connectivity index (χ1n) is 7.25. The maximum Gasteiger partial charge on any atom is 0.460 e. The summed E-state index contributed by atoms with van der Waals surface area (Å²) in [6.45, 7) is 0.101. The predicted molar refractivity (Wildman–Crippen MR) is 75.9 cm³/mol. The van der Waals surface area contributed by atoms with E-state index in [-0.39, 0.29) is 18.3 Å². The molecule has 13 heteroatoms. The minimum atomic E-state index is -6.92. The fourth-order valence-electron chi connectivity index (χ4n) is 1.61. The number of carbonyl (C=O) groups excluding carboxylic acids is 2. The Labute approximate surface area is 147 Å². The van der Waals surface area contributed by atoms with Crippen LogP contribution in [0.25, 0.3) is 0 Å². The average Bonchev–Trinajstić information content (AvgIpc) is 2.49. The van der Waals surface area contributed by atoms with E-state index in [9.17, 15) is 49.1 Å². The Morgan fingerprint density at radius 1 is 0.885 bits per heavy atom. The molecular weight excluding hydrogens is 405 g/mol. The molecule has 0 aromatic carbocycles. The second-order valence-corrected chi connectivity index (χ2v) is 6.25. The zero-order chi connectivity index (χ0) is 20.6. The fraction of sp³-hybridized carbons (Fsp3) is 0.846. The van der Waals surface area contributed by atoms with Gasteiger partial charge in [-0.1, -0.05) is 18.2 Å². The van der Waals surface area contributed by atoms with Crippen molar-refractivity contribution >= 4 is 23.3 Å². The van der Waals surface area contributed by atoms with Gasteiger partial charge in [-0.05, 0) is 12.8 Å². The van der Waals surface area contributed by atoms with E-state index < -0.39 is 41.4 Å². The topological polar surface area (TPSA) is 46.2 Å². The molecule has 0 saturated carbocycles. The van der Waals surface area contributed by atoms with Crippen LogP contribution < -0.4 is 5.32 Å². The average molecular weight is 421 g/mol. The minimum Gasteiger partial charge on any atom is -0.347 e. The smallest absolute Gasteiger partial charge is 0.347 e. The molecule has 0 fully saturated rings. The standard InChI is InChI=1S/C13H16F9NO2S/c14-10(15,11(16,17)12(18,19)13(20,21)22)5-8-26-9(25)23-6-3-1-2-4-7-24/h7H,1-6,8H2,(H,23,25). The molecule has 0 aliphatic rings. The molecule has 0 aliphatic heterocycles. The highest BCUT2D eigenvalue weighted by molar-refractivity contribution is 8.13. The Morgan fingerprint density at radius 3 is 1.96 bits per heavy atom. The highest BCUT2D eigenvalue weighted by atomic mass is 32.2. The third-order valence-electron chi connectivity index (χ3n) is 3.13. The molecule has 1 N–H and O–H groups in total. The number of unbranched alkanes of at least 4 members (excludes halogenated alkanes) is 3. The predicted octanol–water partition coefficient (Wildman–Crippen LogP) is 5.05. The number of thioether (sulfide) groups is 1. The molecule has 0 aromatic rings. The quantitative estimate of drug-likeness (QED) is 0.289. The van der Waals surface area contributed by atoms with Crippen molar-refractivity contribution in [2.24, 2.45) is 0 Å². The van der Waals surface area contributed by atoms with Crippen molar-refractivity contribution in [2.75, 3.05) is 12.3 Å². The lowest BCUT2D eigenvalue weighted by Crippen LogP contribution is -2.60. The van der Waals surface area contributed by atoms with Gasteiger partial charge < -0.3 is 10.1 Å². The summed E-state index contributed by atoms with van der Waals surface area (Å²) in [4.78, 5) is 21.3. The second-order valence-electron chi connectivity index (χ2n) is 5.18. The molecule has 0 aliphatic carbocycles. The number of aldehydes is 1. The number of carbonyl (C=O) groups is 2. The van der Waals surface area contributed by atoms with Crippen LogP contribution in [0.5, 0.6) is 0 Å². The largest absolute Gasteiger partial charge is 0.460 e. The molecule has 0 saturated heterocycles. The maximum absolute atomic E-state index is 13.2. The van der Waals surface area contributed by atoms with Crippen LogP contribution in [-0.4, -0.2) is 47.8 Å². The van der Waals surface area contributed by atoms with Gasteiger partial charge in [-0.2, -0.15) is 39.5 Å². The monoisotopic (exact) mass is 421 g/mol. The Balaban J connectivity index is 4.43. The summed E-state index contributed by atoms with van der Waals surface area (Å²) in [5, 5.41) is 1.30. The Hall–Kier alpha value is -1.14. The van der Waals surface area contributed by atoms with Gasteiger partial charge in [-0.25, -0.2) is 0 Å². The van der Waals surface area contributed by atoms with E-state index in [0.29, 0.717) is 32.0 Å². The summed E-state index contributed by atoms with van der Waals surface area (Å²) in [5.41, 5.74) is 0. The Bertz CT molecular complexity index is 469. The van der Waals surface area contributed by atoms with Crippen LogP contribution in [0.3, 0.4) is 0 Å². The van der Waals surface area contributed by atoms with Crippen LogP contribution in [0, 0.1) is 0 Å². The first-order valence-corrected chi connectivity index (χ1v) is 8.23. The van der Waals surface area contributed by atoms with E-state index in [4.69, 9.17) is 0 Å². The molecule has 0 aromatic heterocycles. The number of hydrogen-bond acceptors (Lipinski definition) is 3. The third kappa shape index (κ3) is 6.54. The molecule has 1 amide bonds. The van der Waals surface area contributed by atoms with Crippen LogP contribution in [0.1, 0.15) is 32.1 Å². The van der Waals surface area contributed by atoms with Crippen molar-refractivity contribution in [3.63, 3.8) is 0 Å². The lowest BCUT2D eigenvalue weighted by Gasteiger charge is -2.33. The molecule has 0 spiro atoms. The molecule has 0 radical (unpaired) electrons. The summed E-state index contributed by atoms with van der Waals surface area (Å²) in [6, 6.07) is 0. The van der Waals surface area contributed by atoms with Crippen molar-refractivity contribution in [1.29, 1.82) is 0 Å². The minimum absolute atomic E-state index is 0.0601. The molecule has 0 heterocycles. The van der Waals surface area contributed by atoms with Crippen molar-refractivity contribution in [2.45, 2.75) is 56.0 Å². The van der Waals surface area contributed by atoms with Crippen LogP contribution in [0.2, 0.25) is 0 Å². The Morgan fingerprint density at radius 2 is 1.46 bits per heavy atom. The van der Waals surface area contributed by atoms with Gasteiger partial charge >= 0.3 is 23.9 Å². The molecule has 26 heavy (non-hydrogen) atoms. The SMILES string of the molecule is O=CCCCCCNC(=O)SCCC(F)(F)C(F)(F)C(F)(F)C(F)(F)F. The Kier molecular flexibility index (Phi) is 9.27. The normalized spacial score (nSPS) is 13.6. The molecule has 0 atom stereocenters. The van der Waals surface area contributed by atoms with Crippen LogP contribution in [-0.2, 0) is 4.79 Å². The van der Waals surface area contributed by atoms with Crippen LogP contribution in [0.4, 0.5) is 44.3 Å². The third-order valence-corrected chi connectivity index (χ3v) is 3.94. The summed E-state index contributed by atoms with van der Waals surface area (Å²) in [7, 11) is 0. The number of amides is 1. The van der Waals surface area contributed by atoms with E-state index in [0.717, 1.165) is 0 Å². The van der Waals surface area contributed by atoms with Gasteiger partial charge in [-0.15, -0.1) is 0 Å². The molecule has 154 valence electrons. The molecule has 0 bridgehead atoms. The molecule has 0 unspecified atom stereocenters. The van der Waals surface area contributed by atoms with Crippen LogP contribution >= 0.6 is 11.8 Å². The maximum atomic E-state index is 13.2. The van der Waals surface area contributed by atoms with E-state index >= 15 is 0 Å². The highest BCUT2D eigenvalue weighted by Gasteiger charge is 2.81. The number of nitrogens with one attached hydrogen (secondary N) is 1. The van der Waals surface area contributed by atoms with Crippen molar-refractivity contribution in [3.8, 4) is 0 Å². The fourth-order valence-corrected chi connectivity index (χ4v) is 2.36. The van der Waals surface area contributed by atoms with Gasteiger partial charge in [-0.3, -0.25) is 4.79 Å². The first kappa shape index (κ1) is 24.9. The van der Waals surface area contributed by atoms with E-state index in [1.807, 2.05) is 0 Å². The van der Waals surface area contributed by atoms with Gasteiger partial charge in [0.25, 0.3) is 5.24 Å². The van der Waals surface area contributed by atoms with E-state index in [1.165, 1.54) is 0 Å². The van der Waals surface area contributed by atoms with Gasteiger partial charge in [0, 0.05) is 25.1 Å². The van der Waals surface area contributed by atoms with Crippen molar-refractivity contribution in [1.82, 2.24) is 5.32 Å². The zero-order valence-corrected chi connectivity index (χ0v) is 14.0. The second kappa shape index (κ2) is 9.70. The highest BCUT2D eigenvalue weighted by Crippen LogP contribution is 2.54.